The maximum atomic E-state index is 13.7. The summed E-state index contributed by atoms with van der Waals surface area (Å²) in [5.41, 5.74) is 0.231. The molecule has 1 aromatic carbocycles. The molecule has 0 aromatic heterocycles. The molecule has 0 saturated carbocycles. The van der Waals surface area contributed by atoms with Crippen LogP contribution in [0.3, 0.4) is 0 Å². The first-order valence-corrected chi connectivity index (χ1v) is 8.15. The fraction of sp³-hybridized carbons (Fsp3) is 0.600. The Labute approximate surface area is 115 Å². The topological polar surface area (TPSA) is 37.3 Å². The van der Waals surface area contributed by atoms with E-state index in [-0.39, 0.29) is 16.3 Å². The summed E-state index contributed by atoms with van der Waals surface area (Å²) in [7, 11) is -0.820. The Bertz CT molecular complexity index is 513. The highest BCUT2D eigenvalue weighted by molar-refractivity contribution is 7.86. The predicted molar refractivity (Wildman–Crippen MR) is 73.8 cm³/mol. The second-order valence-electron chi connectivity index (χ2n) is 5.91. The quantitative estimate of drug-likeness (QED) is 0.860. The van der Waals surface area contributed by atoms with Gasteiger partial charge in [0.15, 0.2) is 0 Å². The Kier molecular flexibility index (Phi) is 3.26. The normalized spacial score (nSPS) is 38.2. The van der Waals surface area contributed by atoms with E-state index in [1.54, 1.807) is 13.0 Å². The van der Waals surface area contributed by atoms with Gasteiger partial charge in [-0.25, -0.2) is 4.39 Å². The van der Waals surface area contributed by atoms with Crippen LogP contribution in [-0.2, 0) is 16.4 Å². The van der Waals surface area contributed by atoms with Gasteiger partial charge in [0.25, 0.3) is 0 Å². The van der Waals surface area contributed by atoms with Crippen LogP contribution in [0.15, 0.2) is 18.2 Å². The highest BCUT2D eigenvalue weighted by atomic mass is 32.2. The van der Waals surface area contributed by atoms with Crippen LogP contribution in [0.25, 0.3) is 0 Å². The summed E-state index contributed by atoms with van der Waals surface area (Å²) < 4.78 is 25.9. The Hall–Kier alpha value is -0.740. The molecule has 2 bridgehead atoms. The summed E-state index contributed by atoms with van der Waals surface area (Å²) in [5, 5.41) is 11.0. The van der Waals surface area contributed by atoms with E-state index in [9.17, 15) is 13.7 Å². The van der Waals surface area contributed by atoms with Gasteiger partial charge in [0.05, 0.1) is 5.60 Å². The summed E-state index contributed by atoms with van der Waals surface area (Å²) in [5.74, 6) is -0.275. The molecule has 0 amide bonds. The Balaban J connectivity index is 1.95. The summed E-state index contributed by atoms with van der Waals surface area (Å²) in [6.45, 7) is 1.72. The molecule has 4 heteroatoms. The number of benzene rings is 1. The van der Waals surface area contributed by atoms with Gasteiger partial charge in [0.2, 0.25) is 0 Å². The van der Waals surface area contributed by atoms with Crippen molar-refractivity contribution in [2.24, 2.45) is 0 Å². The van der Waals surface area contributed by atoms with Gasteiger partial charge in [-0.05, 0) is 49.8 Å². The smallest absolute Gasteiger partial charge is 0.126 e. The van der Waals surface area contributed by atoms with Crippen molar-refractivity contribution in [1.29, 1.82) is 0 Å². The van der Waals surface area contributed by atoms with Gasteiger partial charge in [0.1, 0.15) is 5.82 Å². The minimum Gasteiger partial charge on any atom is -0.385 e. The van der Waals surface area contributed by atoms with Crippen LogP contribution in [0.4, 0.5) is 4.39 Å². The summed E-state index contributed by atoms with van der Waals surface area (Å²) in [6.07, 6.45) is 3.93. The van der Waals surface area contributed by atoms with E-state index >= 15 is 0 Å². The third-order valence-electron chi connectivity index (χ3n) is 4.55. The zero-order valence-electron chi connectivity index (χ0n) is 11.1. The summed E-state index contributed by atoms with van der Waals surface area (Å²) in [6, 6.07) is 4.96. The number of fused-ring (bicyclic) bond motifs is 2. The molecule has 2 fully saturated rings. The molecule has 2 saturated heterocycles. The van der Waals surface area contributed by atoms with Crippen molar-refractivity contribution in [2.45, 2.75) is 55.1 Å². The van der Waals surface area contributed by atoms with Crippen molar-refractivity contribution in [3.63, 3.8) is 0 Å². The van der Waals surface area contributed by atoms with Crippen LogP contribution in [0, 0.1) is 12.7 Å². The third-order valence-corrected chi connectivity index (χ3v) is 6.67. The fourth-order valence-corrected chi connectivity index (χ4v) is 5.62. The molecule has 0 radical (unpaired) electrons. The van der Waals surface area contributed by atoms with Crippen LogP contribution < -0.4 is 0 Å². The zero-order chi connectivity index (χ0) is 13.6. The zero-order valence-corrected chi connectivity index (χ0v) is 11.9. The van der Waals surface area contributed by atoms with E-state index in [0.717, 1.165) is 19.3 Å². The maximum Gasteiger partial charge on any atom is 0.126 e. The average molecular weight is 282 g/mol. The molecular weight excluding hydrogens is 263 g/mol. The number of rotatable bonds is 1. The van der Waals surface area contributed by atoms with E-state index in [2.05, 4.69) is 0 Å². The van der Waals surface area contributed by atoms with E-state index < -0.39 is 16.4 Å². The SMILES string of the molecule is Cc1ccc(C2(O)CC3CCCC(C2)S3=O)cc1F. The highest BCUT2D eigenvalue weighted by Crippen LogP contribution is 2.44. The molecule has 2 aliphatic rings. The molecule has 2 nitrogen and oxygen atoms in total. The van der Waals surface area contributed by atoms with E-state index in [0.29, 0.717) is 24.0 Å². The third kappa shape index (κ3) is 2.25. The second kappa shape index (κ2) is 4.67. The summed E-state index contributed by atoms with van der Waals surface area (Å²) >= 11 is 0. The van der Waals surface area contributed by atoms with Crippen LogP contribution in [0.2, 0.25) is 0 Å². The highest BCUT2D eigenvalue weighted by Gasteiger charge is 2.46. The molecule has 104 valence electrons. The largest absolute Gasteiger partial charge is 0.385 e. The van der Waals surface area contributed by atoms with Crippen LogP contribution in [0.5, 0.6) is 0 Å². The van der Waals surface area contributed by atoms with E-state index in [1.807, 2.05) is 6.07 Å². The Morgan fingerprint density at radius 1 is 1.32 bits per heavy atom. The lowest BCUT2D eigenvalue weighted by Crippen LogP contribution is -2.47. The Morgan fingerprint density at radius 2 is 1.95 bits per heavy atom. The molecule has 19 heavy (non-hydrogen) atoms. The molecule has 2 aliphatic heterocycles. The first kappa shape index (κ1) is 13.3. The average Bonchev–Trinajstić information content (AvgIpc) is 2.35. The molecule has 2 atom stereocenters. The number of aliphatic hydroxyl groups is 1. The Morgan fingerprint density at radius 3 is 2.53 bits per heavy atom. The maximum absolute atomic E-state index is 13.7. The van der Waals surface area contributed by atoms with Gasteiger partial charge < -0.3 is 5.11 Å². The lowest BCUT2D eigenvalue weighted by atomic mass is 9.80. The predicted octanol–water partition coefficient (Wildman–Crippen LogP) is 2.79. The van der Waals surface area contributed by atoms with Gasteiger partial charge >= 0.3 is 0 Å². The van der Waals surface area contributed by atoms with E-state index in [4.69, 9.17) is 0 Å². The minimum atomic E-state index is -1.00. The molecule has 3 rings (SSSR count). The molecule has 2 heterocycles. The van der Waals surface area contributed by atoms with Crippen molar-refractivity contribution in [3.8, 4) is 0 Å². The van der Waals surface area contributed by atoms with Crippen LogP contribution in [0.1, 0.15) is 43.2 Å². The van der Waals surface area contributed by atoms with Gasteiger partial charge in [-0.2, -0.15) is 0 Å². The van der Waals surface area contributed by atoms with E-state index in [1.165, 1.54) is 6.07 Å². The second-order valence-corrected chi connectivity index (χ2v) is 7.90. The van der Waals surface area contributed by atoms with Crippen molar-refractivity contribution < 1.29 is 13.7 Å². The van der Waals surface area contributed by atoms with Crippen molar-refractivity contribution in [1.82, 2.24) is 0 Å². The van der Waals surface area contributed by atoms with Crippen molar-refractivity contribution >= 4 is 10.8 Å². The lowest BCUT2D eigenvalue weighted by Gasteiger charge is -2.43. The molecule has 1 N–H and O–H groups in total. The van der Waals surface area contributed by atoms with Crippen LogP contribution in [-0.4, -0.2) is 19.8 Å². The van der Waals surface area contributed by atoms with Gasteiger partial charge in [-0.3, -0.25) is 4.21 Å². The number of halogens is 1. The number of hydrogen-bond acceptors (Lipinski definition) is 2. The number of hydrogen-bond donors (Lipinski definition) is 1. The van der Waals surface area contributed by atoms with Crippen molar-refractivity contribution in [2.75, 3.05) is 0 Å². The summed E-state index contributed by atoms with van der Waals surface area (Å²) in [4.78, 5) is 0. The molecule has 1 aromatic rings. The number of aryl methyl sites for hydroxylation is 1. The van der Waals surface area contributed by atoms with Crippen molar-refractivity contribution in [3.05, 3.63) is 35.1 Å². The monoisotopic (exact) mass is 282 g/mol. The van der Waals surface area contributed by atoms with Gasteiger partial charge in [-0.15, -0.1) is 0 Å². The van der Waals surface area contributed by atoms with Crippen LogP contribution >= 0.6 is 0 Å². The van der Waals surface area contributed by atoms with Gasteiger partial charge in [0, 0.05) is 21.3 Å². The molecule has 2 unspecified atom stereocenters. The minimum absolute atomic E-state index is 0.0712. The molecule has 0 spiro atoms. The molecular formula is C15H19FO2S. The standard InChI is InChI=1S/C15H19FO2S/c1-10-5-6-11(7-14(10)16)15(17)8-12-3-2-4-13(9-15)19(12)18/h5-7,12-13,17H,2-4,8-9H2,1H3. The first-order valence-electron chi connectivity index (χ1n) is 6.88. The van der Waals surface area contributed by atoms with Gasteiger partial charge in [-0.1, -0.05) is 18.6 Å². The first-order chi connectivity index (χ1) is 8.99. The fourth-order valence-electron chi connectivity index (χ4n) is 3.40. The lowest BCUT2D eigenvalue weighted by molar-refractivity contribution is 0.00626. The molecule has 0 aliphatic carbocycles.